The first kappa shape index (κ1) is 15.4. The topological polar surface area (TPSA) is 76.4 Å². The van der Waals surface area contributed by atoms with Gasteiger partial charge in [0.1, 0.15) is 6.04 Å². The minimum Gasteiger partial charge on any atom is -0.301 e. The van der Waals surface area contributed by atoms with Crippen molar-refractivity contribution in [3.8, 4) is 6.07 Å². The highest BCUT2D eigenvalue weighted by atomic mass is 32.2. The summed E-state index contributed by atoms with van der Waals surface area (Å²) in [6, 6.07) is 2.07. The number of hydrogen-bond donors (Lipinski definition) is 1. The second-order valence-corrected chi connectivity index (χ2v) is 6.58. The summed E-state index contributed by atoms with van der Waals surface area (Å²) in [7, 11) is -3.07. The first-order valence-corrected chi connectivity index (χ1v) is 8.12. The van der Waals surface area contributed by atoms with Gasteiger partial charge in [-0.2, -0.15) is 9.57 Å². The van der Waals surface area contributed by atoms with E-state index in [-0.39, 0.29) is 6.04 Å². The number of rotatable bonds is 6. The highest BCUT2D eigenvalue weighted by molar-refractivity contribution is 7.88. The summed E-state index contributed by atoms with van der Waals surface area (Å²) in [5, 5.41) is 12.2. The van der Waals surface area contributed by atoms with Crippen molar-refractivity contribution < 1.29 is 8.42 Å². The normalized spacial score (nSPS) is 20.5. The number of sulfonamides is 1. The molecule has 1 heterocycles. The van der Waals surface area contributed by atoms with Crippen LogP contribution in [-0.2, 0) is 10.0 Å². The average molecular weight is 274 g/mol. The third-order valence-corrected chi connectivity index (χ3v) is 4.34. The van der Waals surface area contributed by atoms with Gasteiger partial charge in [-0.25, -0.2) is 8.42 Å². The predicted molar refractivity (Wildman–Crippen MR) is 70.6 cm³/mol. The van der Waals surface area contributed by atoms with Crippen LogP contribution in [0.15, 0.2) is 0 Å². The van der Waals surface area contributed by atoms with E-state index in [1.807, 2.05) is 0 Å². The maximum atomic E-state index is 11.4. The Morgan fingerprint density at radius 2 is 1.94 bits per heavy atom. The van der Waals surface area contributed by atoms with E-state index in [1.54, 1.807) is 0 Å². The molecule has 0 amide bonds. The summed E-state index contributed by atoms with van der Waals surface area (Å²) >= 11 is 0. The van der Waals surface area contributed by atoms with Gasteiger partial charge >= 0.3 is 0 Å². The molecule has 1 aliphatic rings. The molecule has 18 heavy (non-hydrogen) atoms. The third-order valence-electron chi connectivity index (χ3n) is 3.04. The standard InChI is InChI=1S/C11H22N4O2S/c1-3-4-13-11(9-12)10-14-5-7-15(8-6-14)18(2,16)17/h11,13H,3-8,10H2,1-2H3. The number of hydrogen-bond acceptors (Lipinski definition) is 5. The van der Waals surface area contributed by atoms with Crippen LogP contribution < -0.4 is 5.32 Å². The van der Waals surface area contributed by atoms with Crippen LogP contribution in [-0.4, -0.2) is 69.2 Å². The molecule has 1 rings (SSSR count). The molecule has 1 saturated heterocycles. The molecule has 0 aromatic rings. The highest BCUT2D eigenvalue weighted by Gasteiger charge is 2.24. The molecule has 0 radical (unpaired) electrons. The third kappa shape index (κ3) is 4.90. The van der Waals surface area contributed by atoms with Gasteiger partial charge in [0.05, 0.1) is 12.3 Å². The Kier molecular flexibility index (Phi) is 6.02. The van der Waals surface area contributed by atoms with Crippen molar-refractivity contribution in [1.29, 1.82) is 5.26 Å². The van der Waals surface area contributed by atoms with Crippen LogP contribution in [0.4, 0.5) is 0 Å². The van der Waals surface area contributed by atoms with Crippen molar-refractivity contribution >= 4 is 10.0 Å². The predicted octanol–water partition coefficient (Wildman–Crippen LogP) is -0.545. The van der Waals surface area contributed by atoms with E-state index in [4.69, 9.17) is 5.26 Å². The molecule has 1 unspecified atom stereocenters. The van der Waals surface area contributed by atoms with Gasteiger partial charge in [0.25, 0.3) is 0 Å². The quantitative estimate of drug-likeness (QED) is 0.703. The van der Waals surface area contributed by atoms with Gasteiger partial charge in [-0.15, -0.1) is 0 Å². The Bertz CT molecular complexity index is 382. The molecule has 0 aliphatic carbocycles. The molecule has 0 spiro atoms. The zero-order chi connectivity index (χ0) is 13.6. The summed E-state index contributed by atoms with van der Waals surface area (Å²) in [6.07, 6.45) is 2.24. The zero-order valence-electron chi connectivity index (χ0n) is 11.1. The molecular weight excluding hydrogens is 252 g/mol. The van der Waals surface area contributed by atoms with Crippen LogP contribution in [0, 0.1) is 11.3 Å². The maximum Gasteiger partial charge on any atom is 0.211 e. The Morgan fingerprint density at radius 3 is 2.39 bits per heavy atom. The molecule has 0 bridgehead atoms. The van der Waals surface area contributed by atoms with Gasteiger partial charge < -0.3 is 5.32 Å². The van der Waals surface area contributed by atoms with Crippen molar-refractivity contribution in [2.24, 2.45) is 0 Å². The van der Waals surface area contributed by atoms with Crippen molar-refractivity contribution in [2.45, 2.75) is 19.4 Å². The SMILES string of the molecule is CCCNC(C#N)CN1CCN(S(C)(=O)=O)CC1. The summed E-state index contributed by atoms with van der Waals surface area (Å²) in [4.78, 5) is 2.14. The smallest absolute Gasteiger partial charge is 0.211 e. The lowest BCUT2D eigenvalue weighted by Gasteiger charge is -2.34. The maximum absolute atomic E-state index is 11.4. The van der Waals surface area contributed by atoms with Gasteiger partial charge in [0.15, 0.2) is 0 Å². The van der Waals surface area contributed by atoms with Gasteiger partial charge in [0.2, 0.25) is 10.0 Å². The van der Waals surface area contributed by atoms with Crippen LogP contribution in [0.2, 0.25) is 0 Å². The second-order valence-electron chi connectivity index (χ2n) is 4.60. The molecule has 1 fully saturated rings. The number of nitrogens with one attached hydrogen (secondary N) is 1. The number of nitriles is 1. The largest absolute Gasteiger partial charge is 0.301 e. The molecule has 104 valence electrons. The fourth-order valence-electron chi connectivity index (χ4n) is 1.97. The van der Waals surface area contributed by atoms with E-state index in [0.29, 0.717) is 32.7 Å². The Labute approximate surface area is 110 Å². The van der Waals surface area contributed by atoms with Crippen LogP contribution in [0.5, 0.6) is 0 Å². The fraction of sp³-hybridized carbons (Fsp3) is 0.909. The molecule has 1 aliphatic heterocycles. The Morgan fingerprint density at radius 1 is 1.33 bits per heavy atom. The zero-order valence-corrected chi connectivity index (χ0v) is 11.9. The van der Waals surface area contributed by atoms with Crippen LogP contribution in [0.3, 0.4) is 0 Å². The molecule has 0 aromatic carbocycles. The average Bonchev–Trinajstić information content (AvgIpc) is 2.34. The highest BCUT2D eigenvalue weighted by Crippen LogP contribution is 2.06. The van der Waals surface area contributed by atoms with E-state index in [1.165, 1.54) is 10.6 Å². The Hall–Kier alpha value is -0.680. The molecule has 1 N–H and O–H groups in total. The first-order chi connectivity index (χ1) is 8.47. The van der Waals surface area contributed by atoms with Crippen molar-refractivity contribution in [3.05, 3.63) is 0 Å². The first-order valence-electron chi connectivity index (χ1n) is 6.28. The molecular formula is C11H22N4O2S. The van der Waals surface area contributed by atoms with Gasteiger partial charge in [-0.05, 0) is 13.0 Å². The second kappa shape index (κ2) is 7.04. The summed E-state index contributed by atoms with van der Waals surface area (Å²) in [6.45, 7) is 5.98. The van der Waals surface area contributed by atoms with Crippen LogP contribution in [0.25, 0.3) is 0 Å². The summed E-state index contributed by atoms with van der Waals surface area (Å²) in [5.41, 5.74) is 0. The number of nitrogens with zero attached hydrogens (tertiary/aromatic N) is 3. The van der Waals surface area contributed by atoms with Gasteiger partial charge in [-0.1, -0.05) is 6.92 Å². The fourth-order valence-corrected chi connectivity index (χ4v) is 2.80. The van der Waals surface area contributed by atoms with Crippen molar-refractivity contribution in [3.63, 3.8) is 0 Å². The van der Waals surface area contributed by atoms with Crippen LogP contribution >= 0.6 is 0 Å². The van der Waals surface area contributed by atoms with E-state index in [9.17, 15) is 8.42 Å². The summed E-state index contributed by atoms with van der Waals surface area (Å²) in [5.74, 6) is 0. The lowest BCUT2D eigenvalue weighted by atomic mass is 10.2. The van der Waals surface area contributed by atoms with E-state index >= 15 is 0 Å². The molecule has 6 nitrogen and oxygen atoms in total. The van der Waals surface area contributed by atoms with Gasteiger partial charge in [-0.3, -0.25) is 4.90 Å². The molecule has 0 saturated carbocycles. The van der Waals surface area contributed by atoms with Crippen LogP contribution in [0.1, 0.15) is 13.3 Å². The molecule has 1 atom stereocenters. The van der Waals surface area contributed by atoms with E-state index in [0.717, 1.165) is 13.0 Å². The van der Waals surface area contributed by atoms with Crippen molar-refractivity contribution in [1.82, 2.24) is 14.5 Å². The lowest BCUT2D eigenvalue weighted by molar-refractivity contribution is 0.181. The van der Waals surface area contributed by atoms with Gasteiger partial charge in [0, 0.05) is 32.7 Å². The lowest BCUT2D eigenvalue weighted by Crippen LogP contribution is -2.51. The molecule has 0 aromatic heterocycles. The minimum atomic E-state index is -3.07. The molecule has 7 heteroatoms. The monoisotopic (exact) mass is 274 g/mol. The summed E-state index contributed by atoms with van der Waals surface area (Å²) < 4.78 is 24.2. The van der Waals surface area contributed by atoms with E-state index < -0.39 is 10.0 Å². The number of piperazine rings is 1. The van der Waals surface area contributed by atoms with Crippen molar-refractivity contribution in [2.75, 3.05) is 45.5 Å². The minimum absolute atomic E-state index is 0.172. The van der Waals surface area contributed by atoms with E-state index in [2.05, 4.69) is 23.2 Å². The Balaban J connectivity index is 2.37.